The molecular formula is C26H32N6O3. The molecule has 2 aromatic heterocycles. The molecule has 3 aromatic rings. The summed E-state index contributed by atoms with van der Waals surface area (Å²) in [6.45, 7) is 7.38. The van der Waals surface area contributed by atoms with Crippen LogP contribution in [0, 0.1) is 5.41 Å². The fraction of sp³-hybridized carbons (Fsp3) is 0.500. The van der Waals surface area contributed by atoms with E-state index >= 15 is 0 Å². The van der Waals surface area contributed by atoms with E-state index in [0.717, 1.165) is 42.8 Å². The maximum Gasteiger partial charge on any atom is 0.339 e. The van der Waals surface area contributed by atoms with Gasteiger partial charge in [-0.2, -0.15) is 5.10 Å². The molecule has 1 aromatic carbocycles. The number of aromatic nitrogens is 5. The molecule has 5 rings (SSSR count). The van der Waals surface area contributed by atoms with Gasteiger partial charge in [0, 0.05) is 49.5 Å². The van der Waals surface area contributed by atoms with E-state index in [4.69, 9.17) is 0 Å². The van der Waals surface area contributed by atoms with Crippen molar-refractivity contribution in [2.45, 2.75) is 57.8 Å². The number of piperidine rings is 1. The van der Waals surface area contributed by atoms with Gasteiger partial charge in [0.1, 0.15) is 5.56 Å². The molecule has 1 aliphatic carbocycles. The first kappa shape index (κ1) is 23.3. The van der Waals surface area contributed by atoms with E-state index in [1.807, 2.05) is 51.0 Å². The van der Waals surface area contributed by atoms with Crippen molar-refractivity contribution in [1.29, 1.82) is 0 Å². The van der Waals surface area contributed by atoms with Gasteiger partial charge in [-0.3, -0.25) is 9.48 Å². The van der Waals surface area contributed by atoms with Crippen LogP contribution >= 0.6 is 0 Å². The summed E-state index contributed by atoms with van der Waals surface area (Å²) in [5.41, 5.74) is 3.40. The highest BCUT2D eigenvalue weighted by molar-refractivity contribution is 5.89. The summed E-state index contributed by atoms with van der Waals surface area (Å²) in [4.78, 5) is 26.9. The third kappa shape index (κ3) is 4.47. The lowest BCUT2D eigenvalue weighted by Gasteiger charge is -2.36. The van der Waals surface area contributed by atoms with E-state index in [9.17, 15) is 14.7 Å². The number of carboxylic acids is 1. The third-order valence-electron chi connectivity index (χ3n) is 7.12. The van der Waals surface area contributed by atoms with Gasteiger partial charge in [-0.1, -0.05) is 38.1 Å². The Kier molecular flexibility index (Phi) is 5.73. The van der Waals surface area contributed by atoms with Gasteiger partial charge in [0.2, 0.25) is 5.91 Å². The lowest BCUT2D eigenvalue weighted by atomic mass is 9.87. The van der Waals surface area contributed by atoms with E-state index in [1.54, 1.807) is 9.36 Å². The summed E-state index contributed by atoms with van der Waals surface area (Å²) in [5, 5.41) is 22.6. The smallest absolute Gasteiger partial charge is 0.339 e. The highest BCUT2D eigenvalue weighted by atomic mass is 16.4. The van der Waals surface area contributed by atoms with Crippen molar-refractivity contribution >= 4 is 11.9 Å². The number of aryl methyl sites for hydroxylation is 1. The van der Waals surface area contributed by atoms with Crippen LogP contribution in [0.5, 0.6) is 0 Å². The van der Waals surface area contributed by atoms with E-state index < -0.39 is 11.4 Å². The zero-order valence-electron chi connectivity index (χ0n) is 20.7. The number of aromatic carboxylic acids is 1. The van der Waals surface area contributed by atoms with Crippen LogP contribution in [0.15, 0.2) is 36.7 Å². The average molecular weight is 477 g/mol. The molecule has 1 amide bonds. The number of carbonyl (C=O) groups excluding carboxylic acids is 1. The standard InChI is InChI=1S/C26H32N6O3/c1-26(2,3)25(35)31-10-6-8-17(14-31)16-7-5-9-18(11-16)32-23(21(13-27-32)24(33)34)20-12-19(20)22-15-30(4)29-28-22/h5,7,9,11,13,15,17,19-20H,6,8,10,12,14H2,1-4H3,(H,33,34)/t17?,19-,20-/m1/s1. The monoisotopic (exact) mass is 476 g/mol. The van der Waals surface area contributed by atoms with Gasteiger partial charge < -0.3 is 10.0 Å². The first-order chi connectivity index (χ1) is 16.6. The van der Waals surface area contributed by atoms with Gasteiger partial charge in [0.15, 0.2) is 0 Å². The molecule has 3 heterocycles. The summed E-state index contributed by atoms with van der Waals surface area (Å²) in [7, 11) is 1.83. The summed E-state index contributed by atoms with van der Waals surface area (Å²) < 4.78 is 3.44. The van der Waals surface area contributed by atoms with Crippen LogP contribution in [0.2, 0.25) is 0 Å². The molecule has 184 valence electrons. The molecule has 9 heteroatoms. The number of nitrogens with zero attached hydrogens (tertiary/aromatic N) is 6. The maximum atomic E-state index is 12.9. The zero-order valence-corrected chi connectivity index (χ0v) is 20.7. The largest absolute Gasteiger partial charge is 0.478 e. The van der Waals surface area contributed by atoms with E-state index in [-0.39, 0.29) is 29.2 Å². The highest BCUT2D eigenvalue weighted by Gasteiger charge is 2.46. The van der Waals surface area contributed by atoms with Crippen LogP contribution in [0.1, 0.15) is 85.1 Å². The number of amides is 1. The fourth-order valence-electron chi connectivity index (χ4n) is 5.26. The van der Waals surface area contributed by atoms with Crippen LogP contribution in [0.4, 0.5) is 0 Å². The van der Waals surface area contributed by atoms with Crippen molar-refractivity contribution in [2.24, 2.45) is 12.5 Å². The Bertz CT molecular complexity index is 1270. The molecule has 1 unspecified atom stereocenters. The predicted molar refractivity (Wildman–Crippen MR) is 130 cm³/mol. The average Bonchev–Trinajstić information content (AvgIpc) is 3.27. The number of benzene rings is 1. The van der Waals surface area contributed by atoms with Crippen LogP contribution < -0.4 is 0 Å². The molecule has 0 radical (unpaired) electrons. The Labute approximate surface area is 204 Å². The topological polar surface area (TPSA) is 106 Å². The van der Waals surface area contributed by atoms with E-state index in [2.05, 4.69) is 27.5 Å². The molecule has 2 fully saturated rings. The van der Waals surface area contributed by atoms with Crippen molar-refractivity contribution in [3.8, 4) is 5.69 Å². The lowest BCUT2D eigenvalue weighted by molar-refractivity contribution is -0.140. The Morgan fingerprint density at radius 1 is 1.17 bits per heavy atom. The highest BCUT2D eigenvalue weighted by Crippen LogP contribution is 2.55. The normalized spacial score (nSPS) is 22.3. The Morgan fingerprint density at radius 3 is 2.66 bits per heavy atom. The van der Waals surface area contributed by atoms with Crippen molar-refractivity contribution < 1.29 is 14.7 Å². The summed E-state index contributed by atoms with van der Waals surface area (Å²) in [6.07, 6.45) is 6.13. The molecule has 0 spiro atoms. The van der Waals surface area contributed by atoms with Crippen LogP contribution in [0.3, 0.4) is 0 Å². The van der Waals surface area contributed by atoms with Crippen LogP contribution in [-0.4, -0.2) is 59.7 Å². The number of hydrogen-bond donors (Lipinski definition) is 1. The molecule has 35 heavy (non-hydrogen) atoms. The maximum absolute atomic E-state index is 12.9. The summed E-state index contributed by atoms with van der Waals surface area (Å²) >= 11 is 0. The summed E-state index contributed by atoms with van der Waals surface area (Å²) in [6, 6.07) is 8.15. The lowest BCUT2D eigenvalue weighted by Crippen LogP contribution is -2.44. The number of carbonyl (C=O) groups is 2. The van der Waals surface area contributed by atoms with Crippen molar-refractivity contribution in [2.75, 3.05) is 13.1 Å². The predicted octanol–water partition coefficient (Wildman–Crippen LogP) is 3.72. The second-order valence-electron chi connectivity index (χ2n) is 10.9. The number of hydrogen-bond acceptors (Lipinski definition) is 5. The second-order valence-corrected chi connectivity index (χ2v) is 10.9. The van der Waals surface area contributed by atoms with E-state index in [1.165, 1.54) is 6.20 Å². The Balaban J connectivity index is 1.44. The van der Waals surface area contributed by atoms with Gasteiger partial charge in [0.05, 0.1) is 23.3 Å². The van der Waals surface area contributed by atoms with Gasteiger partial charge in [-0.15, -0.1) is 5.10 Å². The molecule has 1 aliphatic heterocycles. The van der Waals surface area contributed by atoms with Crippen molar-refractivity contribution in [3.05, 3.63) is 59.2 Å². The SMILES string of the molecule is Cn1cc([C@@H]2C[C@H]2c2c(C(=O)O)cnn2-c2cccc(C3CCCN(C(=O)C(C)(C)C)C3)c2)nn1. The van der Waals surface area contributed by atoms with Gasteiger partial charge in [0.25, 0.3) is 0 Å². The Morgan fingerprint density at radius 2 is 1.97 bits per heavy atom. The van der Waals surface area contributed by atoms with Crippen LogP contribution in [-0.2, 0) is 11.8 Å². The van der Waals surface area contributed by atoms with Gasteiger partial charge in [-0.25, -0.2) is 9.48 Å². The fourth-order valence-corrected chi connectivity index (χ4v) is 5.26. The minimum absolute atomic E-state index is 0.0264. The Hall–Kier alpha value is -3.49. The minimum Gasteiger partial charge on any atom is -0.478 e. The summed E-state index contributed by atoms with van der Waals surface area (Å²) in [5.74, 6) is -0.395. The molecule has 1 saturated heterocycles. The van der Waals surface area contributed by atoms with Gasteiger partial charge >= 0.3 is 5.97 Å². The third-order valence-corrected chi connectivity index (χ3v) is 7.12. The molecule has 1 N–H and O–H groups in total. The minimum atomic E-state index is -0.976. The van der Waals surface area contributed by atoms with Crippen molar-refractivity contribution in [1.82, 2.24) is 29.7 Å². The molecule has 2 aliphatic rings. The number of carboxylic acid groups (broad SMARTS) is 1. The second kappa shape index (κ2) is 8.62. The quantitative estimate of drug-likeness (QED) is 0.602. The number of likely N-dealkylation sites (tertiary alicyclic amines) is 1. The molecule has 3 atom stereocenters. The molecule has 9 nitrogen and oxygen atoms in total. The number of rotatable bonds is 5. The zero-order chi connectivity index (χ0) is 24.9. The molecular weight excluding hydrogens is 444 g/mol. The molecule has 1 saturated carbocycles. The van der Waals surface area contributed by atoms with Crippen molar-refractivity contribution in [3.63, 3.8) is 0 Å². The first-order valence-corrected chi connectivity index (χ1v) is 12.2. The van der Waals surface area contributed by atoms with Gasteiger partial charge in [-0.05, 0) is 37.0 Å². The first-order valence-electron chi connectivity index (χ1n) is 12.2. The van der Waals surface area contributed by atoms with Crippen LogP contribution in [0.25, 0.3) is 5.69 Å². The molecule has 0 bridgehead atoms. The van der Waals surface area contributed by atoms with E-state index in [0.29, 0.717) is 12.2 Å².